The van der Waals surface area contributed by atoms with Crippen molar-refractivity contribution in [2.24, 2.45) is 0 Å². The molecule has 0 aliphatic heterocycles. The maximum atomic E-state index is 12.9. The minimum absolute atomic E-state index is 0.130. The van der Waals surface area contributed by atoms with Gasteiger partial charge in [0, 0.05) is 28.9 Å². The van der Waals surface area contributed by atoms with E-state index in [4.69, 9.17) is 4.74 Å². The van der Waals surface area contributed by atoms with Crippen molar-refractivity contribution in [1.82, 2.24) is 4.57 Å². The van der Waals surface area contributed by atoms with Crippen LogP contribution in [0.2, 0.25) is 0 Å². The molecule has 0 bridgehead atoms. The predicted molar refractivity (Wildman–Crippen MR) is 95.7 cm³/mol. The molecule has 3 nitrogen and oxygen atoms in total. The Labute approximate surface area is 141 Å². The number of benzene rings is 2. The minimum Gasteiger partial charge on any atom is -0.497 e. The molecule has 0 saturated carbocycles. The zero-order valence-corrected chi connectivity index (χ0v) is 14.1. The van der Waals surface area contributed by atoms with Crippen LogP contribution in [-0.4, -0.2) is 17.5 Å². The third kappa shape index (κ3) is 1.88. The molecule has 2 aromatic carbocycles. The monoisotopic (exact) mass is 317 g/mol. The zero-order chi connectivity index (χ0) is 16.8. The molecule has 0 N–H and O–H groups in total. The largest absolute Gasteiger partial charge is 0.497 e. The normalized spacial score (nSPS) is 12.2. The fourth-order valence-electron chi connectivity index (χ4n) is 3.77. The van der Waals surface area contributed by atoms with Crippen molar-refractivity contribution in [3.63, 3.8) is 0 Å². The van der Waals surface area contributed by atoms with Crippen molar-refractivity contribution in [1.29, 1.82) is 0 Å². The predicted octanol–water partition coefficient (Wildman–Crippen LogP) is 4.70. The summed E-state index contributed by atoms with van der Waals surface area (Å²) in [5.74, 6) is 0.963. The minimum atomic E-state index is 0.130. The van der Waals surface area contributed by atoms with Crippen molar-refractivity contribution in [2.75, 3.05) is 7.11 Å². The number of ketones is 1. The van der Waals surface area contributed by atoms with E-state index in [0.29, 0.717) is 0 Å². The van der Waals surface area contributed by atoms with E-state index in [9.17, 15) is 4.79 Å². The number of carbonyl (C=O) groups is 1. The Bertz CT molecular complexity index is 949. The highest BCUT2D eigenvalue weighted by Crippen LogP contribution is 2.46. The van der Waals surface area contributed by atoms with E-state index >= 15 is 0 Å². The van der Waals surface area contributed by atoms with E-state index in [-0.39, 0.29) is 5.78 Å². The standard InChI is InChI=1S/C21H19NO2/c1-4-22-13(2)18(14-9-11-15(24-3)12-10-14)19-16-7-5-6-8-17(16)21(23)20(19)22/h5-12H,4H2,1-3H3. The Morgan fingerprint density at radius 1 is 0.958 bits per heavy atom. The quantitative estimate of drug-likeness (QED) is 0.548. The van der Waals surface area contributed by atoms with Crippen molar-refractivity contribution in [3.8, 4) is 28.0 Å². The Hall–Kier alpha value is -2.81. The molecule has 1 aromatic heterocycles. The molecular weight excluding hydrogens is 298 g/mol. The van der Waals surface area contributed by atoms with Gasteiger partial charge in [0.05, 0.1) is 12.8 Å². The van der Waals surface area contributed by atoms with Crippen LogP contribution >= 0.6 is 0 Å². The first-order chi connectivity index (χ1) is 11.7. The Morgan fingerprint density at radius 2 is 1.62 bits per heavy atom. The molecule has 4 rings (SSSR count). The van der Waals surface area contributed by atoms with Crippen molar-refractivity contribution in [3.05, 3.63) is 65.5 Å². The molecule has 0 fully saturated rings. The van der Waals surface area contributed by atoms with Crippen LogP contribution in [0.3, 0.4) is 0 Å². The van der Waals surface area contributed by atoms with Crippen LogP contribution in [0.25, 0.3) is 22.3 Å². The Balaban J connectivity index is 2.03. The first kappa shape index (κ1) is 14.8. The summed E-state index contributed by atoms with van der Waals surface area (Å²) < 4.78 is 7.40. The number of nitrogens with zero attached hydrogens (tertiary/aromatic N) is 1. The van der Waals surface area contributed by atoms with Gasteiger partial charge < -0.3 is 9.30 Å². The average Bonchev–Trinajstić information content (AvgIpc) is 3.07. The van der Waals surface area contributed by atoms with E-state index < -0.39 is 0 Å². The summed E-state index contributed by atoms with van der Waals surface area (Å²) in [7, 11) is 1.67. The van der Waals surface area contributed by atoms with Gasteiger partial charge in [0.1, 0.15) is 5.75 Å². The molecule has 1 aliphatic rings. The zero-order valence-electron chi connectivity index (χ0n) is 14.1. The average molecular weight is 317 g/mol. The van der Waals surface area contributed by atoms with Crippen LogP contribution in [-0.2, 0) is 6.54 Å². The van der Waals surface area contributed by atoms with E-state index in [1.54, 1.807) is 7.11 Å². The van der Waals surface area contributed by atoms with E-state index in [0.717, 1.165) is 51.5 Å². The molecule has 0 saturated heterocycles. The van der Waals surface area contributed by atoms with Crippen LogP contribution in [0.1, 0.15) is 28.7 Å². The summed E-state index contributed by atoms with van der Waals surface area (Å²) in [6.45, 7) is 4.96. The summed E-state index contributed by atoms with van der Waals surface area (Å²) in [4.78, 5) is 12.9. The second-order valence-electron chi connectivity index (χ2n) is 6.03. The van der Waals surface area contributed by atoms with Gasteiger partial charge in [-0.25, -0.2) is 0 Å². The number of ether oxygens (including phenoxy) is 1. The van der Waals surface area contributed by atoms with Gasteiger partial charge in [0.25, 0.3) is 0 Å². The SMILES string of the molecule is CCn1c(C)c(-c2ccc(OC)cc2)c2c1C(=O)c1ccccc1-2. The van der Waals surface area contributed by atoms with Crippen LogP contribution in [0.5, 0.6) is 5.75 Å². The highest BCUT2D eigenvalue weighted by Gasteiger charge is 2.34. The van der Waals surface area contributed by atoms with Gasteiger partial charge in [0.15, 0.2) is 0 Å². The van der Waals surface area contributed by atoms with Crippen molar-refractivity contribution >= 4 is 5.78 Å². The third-order valence-corrected chi connectivity index (χ3v) is 4.87. The Kier molecular flexibility index (Phi) is 3.31. The van der Waals surface area contributed by atoms with Gasteiger partial charge in [-0.15, -0.1) is 0 Å². The van der Waals surface area contributed by atoms with Gasteiger partial charge >= 0.3 is 0 Å². The second-order valence-corrected chi connectivity index (χ2v) is 6.03. The van der Waals surface area contributed by atoms with E-state index in [1.807, 2.05) is 36.4 Å². The molecule has 0 spiro atoms. The lowest BCUT2D eigenvalue weighted by Gasteiger charge is -2.09. The molecular formula is C21H19NO2. The number of carbonyl (C=O) groups excluding carboxylic acids is 1. The summed E-state index contributed by atoms with van der Waals surface area (Å²) in [5.41, 5.74) is 7.13. The van der Waals surface area contributed by atoms with Gasteiger partial charge in [-0.05, 0) is 37.1 Å². The molecule has 24 heavy (non-hydrogen) atoms. The van der Waals surface area contributed by atoms with Crippen molar-refractivity contribution < 1.29 is 9.53 Å². The van der Waals surface area contributed by atoms with Crippen LogP contribution in [0, 0.1) is 6.92 Å². The molecule has 0 unspecified atom stereocenters. The molecule has 3 aromatic rings. The molecule has 1 heterocycles. The lowest BCUT2D eigenvalue weighted by Crippen LogP contribution is -2.07. The van der Waals surface area contributed by atoms with E-state index in [2.05, 4.69) is 30.5 Å². The van der Waals surface area contributed by atoms with E-state index in [1.165, 1.54) is 0 Å². The highest BCUT2D eigenvalue weighted by atomic mass is 16.5. The van der Waals surface area contributed by atoms with Gasteiger partial charge in [-0.2, -0.15) is 0 Å². The fourth-order valence-corrected chi connectivity index (χ4v) is 3.77. The number of hydrogen-bond donors (Lipinski definition) is 0. The molecule has 0 atom stereocenters. The van der Waals surface area contributed by atoms with Crippen LogP contribution < -0.4 is 4.74 Å². The number of methoxy groups -OCH3 is 1. The lowest BCUT2D eigenvalue weighted by atomic mass is 9.97. The van der Waals surface area contributed by atoms with Crippen LogP contribution in [0.4, 0.5) is 0 Å². The lowest BCUT2D eigenvalue weighted by molar-refractivity contribution is 0.103. The molecule has 0 radical (unpaired) electrons. The maximum Gasteiger partial charge on any atom is 0.210 e. The number of rotatable bonds is 3. The first-order valence-corrected chi connectivity index (χ1v) is 8.19. The van der Waals surface area contributed by atoms with Gasteiger partial charge in [-0.3, -0.25) is 4.79 Å². The summed E-state index contributed by atoms with van der Waals surface area (Å²) in [6.07, 6.45) is 0. The summed E-state index contributed by atoms with van der Waals surface area (Å²) in [5, 5.41) is 0. The Morgan fingerprint density at radius 3 is 2.25 bits per heavy atom. The van der Waals surface area contributed by atoms with Gasteiger partial charge in [-0.1, -0.05) is 36.4 Å². The highest BCUT2D eigenvalue weighted by molar-refractivity contribution is 6.23. The number of hydrogen-bond acceptors (Lipinski definition) is 2. The number of fused-ring (bicyclic) bond motifs is 3. The van der Waals surface area contributed by atoms with Crippen molar-refractivity contribution in [2.45, 2.75) is 20.4 Å². The van der Waals surface area contributed by atoms with Crippen LogP contribution in [0.15, 0.2) is 48.5 Å². The summed E-state index contributed by atoms with van der Waals surface area (Å²) in [6, 6.07) is 16.0. The van der Waals surface area contributed by atoms with Gasteiger partial charge in [0.2, 0.25) is 5.78 Å². The smallest absolute Gasteiger partial charge is 0.210 e. The molecule has 0 amide bonds. The molecule has 3 heteroatoms. The number of aromatic nitrogens is 1. The topological polar surface area (TPSA) is 31.2 Å². The maximum absolute atomic E-state index is 12.9. The first-order valence-electron chi connectivity index (χ1n) is 8.19. The third-order valence-electron chi connectivity index (χ3n) is 4.87. The summed E-state index contributed by atoms with van der Waals surface area (Å²) >= 11 is 0. The molecule has 1 aliphatic carbocycles. The fraction of sp³-hybridized carbons (Fsp3) is 0.190. The molecule has 120 valence electrons. The second kappa shape index (κ2) is 5.38.